The third-order valence-electron chi connectivity index (χ3n) is 2.87. The van der Waals surface area contributed by atoms with Crippen molar-refractivity contribution in [2.24, 2.45) is 5.73 Å². The highest BCUT2D eigenvalue weighted by atomic mass is 35.5. The van der Waals surface area contributed by atoms with Crippen molar-refractivity contribution in [3.63, 3.8) is 0 Å². The average molecular weight is 240 g/mol. The zero-order chi connectivity index (χ0) is 11.5. The van der Waals surface area contributed by atoms with E-state index in [2.05, 4.69) is 9.88 Å². The van der Waals surface area contributed by atoms with Crippen molar-refractivity contribution in [2.45, 2.75) is 25.4 Å². The van der Waals surface area contributed by atoms with Gasteiger partial charge in [0.2, 0.25) is 5.91 Å². The number of likely N-dealkylation sites (tertiary alicyclic amines) is 1. The minimum absolute atomic E-state index is 0.132. The summed E-state index contributed by atoms with van der Waals surface area (Å²) in [7, 11) is 0. The van der Waals surface area contributed by atoms with Crippen molar-refractivity contribution in [3.05, 3.63) is 29.0 Å². The number of rotatable bonds is 3. The van der Waals surface area contributed by atoms with E-state index in [4.69, 9.17) is 17.3 Å². The van der Waals surface area contributed by atoms with Crippen LogP contribution in [0.3, 0.4) is 0 Å². The SMILES string of the molecule is NC(=O)C1CCCN1Cc1ccnc(Cl)c1. The zero-order valence-corrected chi connectivity index (χ0v) is 9.65. The van der Waals surface area contributed by atoms with Crippen molar-refractivity contribution in [3.8, 4) is 0 Å². The van der Waals surface area contributed by atoms with Gasteiger partial charge in [-0.25, -0.2) is 4.98 Å². The summed E-state index contributed by atoms with van der Waals surface area (Å²) in [6.45, 7) is 1.61. The molecule has 1 aromatic rings. The average Bonchev–Trinajstić information content (AvgIpc) is 2.66. The van der Waals surface area contributed by atoms with E-state index < -0.39 is 0 Å². The number of amides is 1. The first kappa shape index (κ1) is 11.4. The maximum Gasteiger partial charge on any atom is 0.234 e. The number of halogens is 1. The van der Waals surface area contributed by atoms with E-state index in [-0.39, 0.29) is 11.9 Å². The largest absolute Gasteiger partial charge is 0.368 e. The lowest BCUT2D eigenvalue weighted by Gasteiger charge is -2.21. The van der Waals surface area contributed by atoms with Gasteiger partial charge < -0.3 is 5.73 Å². The van der Waals surface area contributed by atoms with Crippen LogP contribution >= 0.6 is 11.6 Å². The van der Waals surface area contributed by atoms with Crippen molar-refractivity contribution >= 4 is 17.5 Å². The molecule has 2 rings (SSSR count). The second kappa shape index (κ2) is 4.80. The number of nitrogens with two attached hydrogens (primary N) is 1. The number of nitrogens with zero attached hydrogens (tertiary/aromatic N) is 2. The highest BCUT2D eigenvalue weighted by molar-refractivity contribution is 6.29. The predicted octanol–water partition coefficient (Wildman–Crippen LogP) is 1.18. The molecule has 1 aromatic heterocycles. The van der Waals surface area contributed by atoms with Crippen molar-refractivity contribution in [1.29, 1.82) is 0 Å². The smallest absolute Gasteiger partial charge is 0.234 e. The minimum atomic E-state index is -0.238. The summed E-state index contributed by atoms with van der Waals surface area (Å²) in [6, 6.07) is 3.59. The van der Waals surface area contributed by atoms with Crippen LogP contribution in [0.5, 0.6) is 0 Å². The van der Waals surface area contributed by atoms with Crippen molar-refractivity contribution in [1.82, 2.24) is 9.88 Å². The molecule has 1 fully saturated rings. The molecule has 0 saturated carbocycles. The number of carbonyl (C=O) groups is 1. The van der Waals surface area contributed by atoms with E-state index in [0.29, 0.717) is 11.7 Å². The fourth-order valence-corrected chi connectivity index (χ4v) is 2.31. The maximum atomic E-state index is 11.2. The second-order valence-electron chi connectivity index (χ2n) is 4.02. The maximum absolute atomic E-state index is 11.2. The summed E-state index contributed by atoms with van der Waals surface area (Å²) >= 11 is 5.81. The molecule has 1 unspecified atom stereocenters. The molecule has 16 heavy (non-hydrogen) atoms. The molecule has 0 radical (unpaired) electrons. The van der Waals surface area contributed by atoms with Gasteiger partial charge in [0.15, 0.2) is 0 Å². The molecule has 2 heterocycles. The lowest BCUT2D eigenvalue weighted by molar-refractivity contribution is -0.122. The van der Waals surface area contributed by atoms with E-state index in [1.807, 2.05) is 12.1 Å². The Bertz CT molecular complexity index is 397. The summed E-state index contributed by atoms with van der Waals surface area (Å²) in [5.74, 6) is -0.238. The van der Waals surface area contributed by atoms with E-state index in [1.165, 1.54) is 0 Å². The fourth-order valence-electron chi connectivity index (χ4n) is 2.11. The quantitative estimate of drug-likeness (QED) is 0.806. The molecule has 0 aromatic carbocycles. The molecular weight excluding hydrogens is 226 g/mol. The van der Waals surface area contributed by atoms with E-state index in [0.717, 1.165) is 24.9 Å². The molecule has 1 aliphatic rings. The van der Waals surface area contributed by atoms with Gasteiger partial charge in [0, 0.05) is 12.7 Å². The van der Waals surface area contributed by atoms with Gasteiger partial charge in [-0.05, 0) is 37.1 Å². The van der Waals surface area contributed by atoms with Gasteiger partial charge in [0.25, 0.3) is 0 Å². The van der Waals surface area contributed by atoms with Crippen LogP contribution in [0.25, 0.3) is 0 Å². The number of pyridine rings is 1. The number of carbonyl (C=O) groups excluding carboxylic acids is 1. The predicted molar refractivity (Wildman–Crippen MR) is 61.9 cm³/mol. The number of hydrogen-bond donors (Lipinski definition) is 1. The first-order valence-corrected chi connectivity index (χ1v) is 5.68. The third-order valence-corrected chi connectivity index (χ3v) is 3.08. The Morgan fingerprint density at radius 2 is 2.50 bits per heavy atom. The van der Waals surface area contributed by atoms with Crippen LogP contribution in [0.15, 0.2) is 18.3 Å². The van der Waals surface area contributed by atoms with Crippen LogP contribution < -0.4 is 5.73 Å². The van der Waals surface area contributed by atoms with Crippen LogP contribution in [0.1, 0.15) is 18.4 Å². The molecular formula is C11H14ClN3O. The standard InChI is InChI=1S/C11H14ClN3O/c12-10-6-8(3-4-14-10)7-15-5-1-2-9(15)11(13)16/h3-4,6,9H,1-2,5,7H2,(H2,13,16). The van der Waals surface area contributed by atoms with E-state index in [1.54, 1.807) is 6.20 Å². The molecule has 2 N–H and O–H groups in total. The Balaban J connectivity index is 2.06. The number of aromatic nitrogens is 1. The van der Waals surface area contributed by atoms with Gasteiger partial charge in [-0.2, -0.15) is 0 Å². The molecule has 5 heteroatoms. The Hall–Kier alpha value is -1.13. The summed E-state index contributed by atoms with van der Waals surface area (Å²) in [6.07, 6.45) is 3.55. The van der Waals surface area contributed by atoms with E-state index in [9.17, 15) is 4.79 Å². The first-order valence-electron chi connectivity index (χ1n) is 5.30. The van der Waals surface area contributed by atoms with Crippen LogP contribution in [0, 0.1) is 0 Å². The Kier molecular flexibility index (Phi) is 3.41. The zero-order valence-electron chi connectivity index (χ0n) is 8.90. The minimum Gasteiger partial charge on any atom is -0.368 e. The fraction of sp³-hybridized carbons (Fsp3) is 0.455. The molecule has 0 bridgehead atoms. The number of hydrogen-bond acceptors (Lipinski definition) is 3. The van der Waals surface area contributed by atoms with Gasteiger partial charge in [-0.15, -0.1) is 0 Å². The lowest BCUT2D eigenvalue weighted by atomic mass is 10.2. The van der Waals surface area contributed by atoms with Crippen molar-refractivity contribution in [2.75, 3.05) is 6.54 Å². The summed E-state index contributed by atoms with van der Waals surface area (Å²) in [5, 5.41) is 0.479. The van der Waals surface area contributed by atoms with Gasteiger partial charge in [-0.1, -0.05) is 11.6 Å². The van der Waals surface area contributed by atoms with Crippen LogP contribution in [-0.4, -0.2) is 28.4 Å². The van der Waals surface area contributed by atoms with Crippen LogP contribution in [0.2, 0.25) is 5.15 Å². The Morgan fingerprint density at radius 3 is 3.19 bits per heavy atom. The molecule has 0 aliphatic carbocycles. The van der Waals surface area contributed by atoms with Crippen LogP contribution in [0.4, 0.5) is 0 Å². The highest BCUT2D eigenvalue weighted by Crippen LogP contribution is 2.20. The monoisotopic (exact) mass is 239 g/mol. The molecule has 1 aliphatic heterocycles. The third kappa shape index (κ3) is 2.51. The normalized spacial score (nSPS) is 21.2. The van der Waals surface area contributed by atoms with Gasteiger partial charge in [0.1, 0.15) is 5.15 Å². The summed E-state index contributed by atoms with van der Waals surface area (Å²) in [4.78, 5) is 17.2. The highest BCUT2D eigenvalue weighted by Gasteiger charge is 2.28. The van der Waals surface area contributed by atoms with Gasteiger partial charge >= 0.3 is 0 Å². The van der Waals surface area contributed by atoms with Gasteiger partial charge in [0.05, 0.1) is 6.04 Å². The van der Waals surface area contributed by atoms with Crippen LogP contribution in [-0.2, 0) is 11.3 Å². The lowest BCUT2D eigenvalue weighted by Crippen LogP contribution is -2.39. The molecule has 1 atom stereocenters. The number of primary amides is 1. The Labute approximate surface area is 99.4 Å². The molecule has 0 spiro atoms. The summed E-state index contributed by atoms with van der Waals surface area (Å²) < 4.78 is 0. The van der Waals surface area contributed by atoms with Crippen molar-refractivity contribution < 1.29 is 4.79 Å². The topological polar surface area (TPSA) is 59.2 Å². The molecule has 1 saturated heterocycles. The molecule has 86 valence electrons. The summed E-state index contributed by atoms with van der Waals surface area (Å²) in [5.41, 5.74) is 6.42. The van der Waals surface area contributed by atoms with Gasteiger partial charge in [-0.3, -0.25) is 9.69 Å². The second-order valence-corrected chi connectivity index (χ2v) is 4.40. The Morgan fingerprint density at radius 1 is 1.69 bits per heavy atom. The molecule has 1 amide bonds. The first-order chi connectivity index (χ1) is 7.66. The molecule has 4 nitrogen and oxygen atoms in total. The van der Waals surface area contributed by atoms with E-state index >= 15 is 0 Å².